The molecule has 3 heterocycles. The summed E-state index contributed by atoms with van der Waals surface area (Å²) >= 11 is 6.40. The molecule has 0 unspecified atom stereocenters. The molecule has 3 rings (SSSR count). The molecule has 0 spiro atoms. The summed E-state index contributed by atoms with van der Waals surface area (Å²) in [5.74, 6) is 1.32. The molecule has 0 saturated carbocycles. The van der Waals surface area contributed by atoms with Crippen molar-refractivity contribution in [2.45, 2.75) is 19.9 Å². The third-order valence-corrected chi connectivity index (χ3v) is 4.82. The van der Waals surface area contributed by atoms with Gasteiger partial charge < -0.3 is 9.64 Å². The first kappa shape index (κ1) is 17.0. The van der Waals surface area contributed by atoms with Gasteiger partial charge in [0.25, 0.3) is 0 Å². The summed E-state index contributed by atoms with van der Waals surface area (Å²) in [6, 6.07) is 1.76. The first-order valence-corrected chi connectivity index (χ1v) is 8.54. The third kappa shape index (κ3) is 3.47. The first-order chi connectivity index (χ1) is 11.6. The molecule has 0 bridgehead atoms. The molecule has 1 fully saturated rings. The molecular formula is C16H23ClN6O. The minimum atomic E-state index is 0.595. The lowest BCUT2D eigenvalue weighted by Crippen LogP contribution is -2.46. The highest BCUT2D eigenvalue weighted by atomic mass is 35.5. The van der Waals surface area contributed by atoms with Crippen molar-refractivity contribution in [3.63, 3.8) is 0 Å². The number of aryl methyl sites for hydroxylation is 2. The van der Waals surface area contributed by atoms with Gasteiger partial charge in [-0.2, -0.15) is 10.1 Å². The van der Waals surface area contributed by atoms with Crippen LogP contribution in [0.3, 0.4) is 0 Å². The van der Waals surface area contributed by atoms with Crippen molar-refractivity contribution in [3.8, 4) is 5.88 Å². The lowest BCUT2D eigenvalue weighted by atomic mass is 10.2. The lowest BCUT2D eigenvalue weighted by Gasteiger charge is -2.34. The number of hydrogen-bond donors (Lipinski definition) is 0. The molecule has 8 heteroatoms. The molecule has 0 aliphatic carbocycles. The number of methoxy groups -OCH3 is 1. The number of nitrogens with zero attached hydrogens (tertiary/aromatic N) is 6. The molecule has 24 heavy (non-hydrogen) atoms. The van der Waals surface area contributed by atoms with Crippen molar-refractivity contribution in [3.05, 3.63) is 28.7 Å². The van der Waals surface area contributed by atoms with Crippen LogP contribution in [0.4, 0.5) is 5.95 Å². The largest absolute Gasteiger partial charge is 0.481 e. The second-order valence-electron chi connectivity index (χ2n) is 5.86. The average Bonchev–Trinajstić information content (AvgIpc) is 2.90. The monoisotopic (exact) mass is 350 g/mol. The number of ether oxygens (including phenoxy) is 1. The van der Waals surface area contributed by atoms with E-state index in [2.05, 4.69) is 31.8 Å². The zero-order valence-electron chi connectivity index (χ0n) is 14.4. The van der Waals surface area contributed by atoms with Crippen LogP contribution in [0.1, 0.15) is 18.2 Å². The Morgan fingerprint density at radius 1 is 1.25 bits per heavy atom. The van der Waals surface area contributed by atoms with E-state index >= 15 is 0 Å². The number of hydrogen-bond acceptors (Lipinski definition) is 6. The van der Waals surface area contributed by atoms with E-state index in [9.17, 15) is 0 Å². The van der Waals surface area contributed by atoms with Gasteiger partial charge in [0.1, 0.15) is 5.15 Å². The van der Waals surface area contributed by atoms with Crippen LogP contribution in [-0.4, -0.2) is 57.9 Å². The van der Waals surface area contributed by atoms with E-state index in [-0.39, 0.29) is 0 Å². The quantitative estimate of drug-likeness (QED) is 0.819. The predicted octanol–water partition coefficient (Wildman–Crippen LogP) is 1.76. The molecule has 1 aliphatic heterocycles. The number of anilines is 1. The fourth-order valence-corrected chi connectivity index (χ4v) is 3.17. The van der Waals surface area contributed by atoms with Crippen molar-refractivity contribution in [1.82, 2.24) is 24.6 Å². The summed E-state index contributed by atoms with van der Waals surface area (Å²) in [6.07, 6.45) is 2.63. The maximum Gasteiger partial charge on any atom is 0.228 e. The lowest BCUT2D eigenvalue weighted by molar-refractivity contribution is 0.248. The topological polar surface area (TPSA) is 59.3 Å². The molecule has 7 nitrogen and oxygen atoms in total. The maximum atomic E-state index is 6.40. The van der Waals surface area contributed by atoms with E-state index in [4.69, 9.17) is 16.3 Å². The molecule has 2 aromatic rings. The summed E-state index contributed by atoms with van der Waals surface area (Å²) in [7, 11) is 3.51. The Labute approximate surface area is 147 Å². The fourth-order valence-electron chi connectivity index (χ4n) is 2.97. The highest BCUT2D eigenvalue weighted by Gasteiger charge is 2.22. The Kier molecular flexibility index (Phi) is 5.20. The van der Waals surface area contributed by atoms with Gasteiger partial charge in [-0.05, 0) is 6.42 Å². The van der Waals surface area contributed by atoms with Crippen molar-refractivity contribution in [2.75, 3.05) is 38.2 Å². The molecule has 0 aromatic carbocycles. The molecule has 1 saturated heterocycles. The van der Waals surface area contributed by atoms with E-state index < -0.39 is 0 Å². The molecule has 0 N–H and O–H groups in total. The Balaban J connectivity index is 1.63. The van der Waals surface area contributed by atoms with Gasteiger partial charge in [-0.25, -0.2) is 4.98 Å². The van der Waals surface area contributed by atoms with Crippen molar-refractivity contribution in [2.24, 2.45) is 7.05 Å². The molecule has 130 valence electrons. The van der Waals surface area contributed by atoms with Gasteiger partial charge in [0, 0.05) is 57.6 Å². The molecule has 0 radical (unpaired) electrons. The van der Waals surface area contributed by atoms with E-state index in [1.807, 2.05) is 7.05 Å². The smallest absolute Gasteiger partial charge is 0.228 e. The van der Waals surface area contributed by atoms with Crippen LogP contribution in [0.25, 0.3) is 0 Å². The molecule has 0 atom stereocenters. The zero-order valence-corrected chi connectivity index (χ0v) is 15.1. The van der Waals surface area contributed by atoms with Crippen molar-refractivity contribution < 1.29 is 4.74 Å². The molecule has 1 aliphatic rings. The Bertz CT molecular complexity index is 696. The van der Waals surface area contributed by atoms with Crippen molar-refractivity contribution >= 4 is 17.5 Å². The van der Waals surface area contributed by atoms with E-state index in [0.29, 0.717) is 5.88 Å². The summed E-state index contributed by atoms with van der Waals surface area (Å²) in [5.41, 5.74) is 2.23. The highest BCUT2D eigenvalue weighted by molar-refractivity contribution is 6.30. The Morgan fingerprint density at radius 2 is 2.00 bits per heavy atom. The number of aromatic nitrogens is 4. The second-order valence-corrected chi connectivity index (χ2v) is 6.21. The van der Waals surface area contributed by atoms with Gasteiger partial charge in [0.15, 0.2) is 0 Å². The van der Waals surface area contributed by atoms with Crippen LogP contribution >= 0.6 is 11.6 Å². The standard InChI is InChI=1S/C16H23ClN6O/c1-4-13-12(15(17)21(2)20-13)11-22-7-9-23(10-8-22)16-18-6-5-14(19-16)24-3/h5-6H,4,7-11H2,1-3H3. The van der Waals surface area contributed by atoms with Gasteiger partial charge in [-0.15, -0.1) is 0 Å². The van der Waals surface area contributed by atoms with Gasteiger partial charge in [0.05, 0.1) is 12.8 Å². The number of piperazine rings is 1. The van der Waals surface area contributed by atoms with Crippen LogP contribution < -0.4 is 9.64 Å². The van der Waals surface area contributed by atoms with Crippen LogP contribution in [0.15, 0.2) is 12.3 Å². The maximum absolute atomic E-state index is 6.40. The molecular weight excluding hydrogens is 328 g/mol. The number of halogens is 1. The molecule has 2 aromatic heterocycles. The predicted molar refractivity (Wildman–Crippen MR) is 93.7 cm³/mol. The van der Waals surface area contributed by atoms with Crippen LogP contribution in [0, 0.1) is 0 Å². The SMILES string of the molecule is CCc1nn(C)c(Cl)c1CN1CCN(c2nccc(OC)n2)CC1. The Hall–Kier alpha value is -1.86. The van der Waals surface area contributed by atoms with Gasteiger partial charge >= 0.3 is 0 Å². The minimum absolute atomic E-state index is 0.595. The van der Waals surface area contributed by atoms with E-state index in [0.717, 1.165) is 61.5 Å². The Morgan fingerprint density at radius 3 is 2.67 bits per heavy atom. The summed E-state index contributed by atoms with van der Waals surface area (Å²) in [6.45, 7) is 6.59. The van der Waals surface area contributed by atoms with Gasteiger partial charge in [-0.1, -0.05) is 18.5 Å². The fraction of sp³-hybridized carbons (Fsp3) is 0.562. The summed E-state index contributed by atoms with van der Waals surface area (Å²) in [5, 5.41) is 5.23. The third-order valence-electron chi connectivity index (χ3n) is 4.35. The van der Waals surface area contributed by atoms with Gasteiger partial charge in [0.2, 0.25) is 11.8 Å². The first-order valence-electron chi connectivity index (χ1n) is 8.17. The number of rotatable bonds is 5. The molecule has 0 amide bonds. The van der Waals surface area contributed by atoms with Crippen LogP contribution in [-0.2, 0) is 20.0 Å². The van der Waals surface area contributed by atoms with E-state index in [1.165, 1.54) is 0 Å². The van der Waals surface area contributed by atoms with Crippen LogP contribution in [0.5, 0.6) is 5.88 Å². The van der Waals surface area contributed by atoms with E-state index in [1.54, 1.807) is 24.1 Å². The zero-order chi connectivity index (χ0) is 17.1. The van der Waals surface area contributed by atoms with Gasteiger partial charge in [-0.3, -0.25) is 9.58 Å². The highest BCUT2D eigenvalue weighted by Crippen LogP contribution is 2.23. The summed E-state index contributed by atoms with van der Waals surface area (Å²) < 4.78 is 6.93. The summed E-state index contributed by atoms with van der Waals surface area (Å²) in [4.78, 5) is 13.3. The van der Waals surface area contributed by atoms with Crippen LogP contribution in [0.2, 0.25) is 5.15 Å². The van der Waals surface area contributed by atoms with Crippen molar-refractivity contribution in [1.29, 1.82) is 0 Å². The minimum Gasteiger partial charge on any atom is -0.481 e. The average molecular weight is 351 g/mol. The normalized spacial score (nSPS) is 15.8. The second kappa shape index (κ2) is 7.36.